The van der Waals surface area contributed by atoms with Crippen molar-refractivity contribution in [1.82, 2.24) is 9.13 Å². The summed E-state index contributed by atoms with van der Waals surface area (Å²) in [7, 11) is 0. The molecule has 0 saturated carbocycles. The predicted octanol–water partition coefficient (Wildman–Crippen LogP) is 22.3. The third-order valence-corrected chi connectivity index (χ3v) is 19.8. The maximum absolute atomic E-state index is 3.84. The molecular weight excluding hydrogens is 1040 g/mol. The highest BCUT2D eigenvalue weighted by molar-refractivity contribution is 6.12. The monoisotopic (exact) mass is 1110 g/mol. The van der Waals surface area contributed by atoms with Crippen LogP contribution in [0.5, 0.6) is 0 Å². The third-order valence-electron chi connectivity index (χ3n) is 19.8. The van der Waals surface area contributed by atoms with Gasteiger partial charge in [0.15, 0.2) is 0 Å². The van der Waals surface area contributed by atoms with Crippen molar-refractivity contribution < 1.29 is 0 Å². The van der Waals surface area contributed by atoms with Crippen molar-refractivity contribution in [2.24, 2.45) is 0 Å². The van der Waals surface area contributed by atoms with E-state index in [4.69, 9.17) is 0 Å². The Morgan fingerprint density at radius 2 is 0.547 bits per heavy atom. The molecule has 0 bridgehead atoms. The molecular formula is C84H72N2. The molecule has 2 aromatic heterocycles. The Morgan fingerprint density at radius 3 is 0.849 bits per heavy atom. The topological polar surface area (TPSA) is 9.86 Å². The van der Waals surface area contributed by atoms with E-state index < -0.39 is 0 Å². The lowest BCUT2D eigenvalue weighted by Gasteiger charge is -2.33. The van der Waals surface area contributed by atoms with Crippen molar-refractivity contribution in [2.45, 2.75) is 116 Å². The van der Waals surface area contributed by atoms with Gasteiger partial charge in [-0.25, -0.2) is 0 Å². The van der Waals surface area contributed by atoms with Crippen LogP contribution in [0.3, 0.4) is 0 Å². The molecule has 0 aliphatic heterocycles. The maximum atomic E-state index is 3.84. The Hall–Kier alpha value is -9.34. The van der Waals surface area contributed by atoms with E-state index in [1.807, 2.05) is 0 Å². The molecule has 0 fully saturated rings. The van der Waals surface area contributed by atoms with Crippen LogP contribution in [-0.4, -0.2) is 9.13 Å². The van der Waals surface area contributed by atoms with E-state index in [0.717, 1.165) is 121 Å². The number of fused-ring (bicyclic) bond motifs is 14. The van der Waals surface area contributed by atoms with Gasteiger partial charge < -0.3 is 9.13 Å². The van der Waals surface area contributed by atoms with E-state index in [9.17, 15) is 0 Å². The SMILES string of the molecule is CCCCC1(CCCC)c2cc(C#Cc3c4ccccc4c(C#Cc4ccc5c(c4)C(CCCC)(CCCC)c4cc(-n6c7ccccc7c7ccccc76)ccc4-5)c4ccccc34)ccc2-c2ccc(-n3c4ccccc4c4ccccc43)cc21. The van der Waals surface area contributed by atoms with Gasteiger partial charge in [0.05, 0.1) is 22.1 Å². The second-order valence-corrected chi connectivity index (χ2v) is 24.6. The van der Waals surface area contributed by atoms with Crippen molar-refractivity contribution in [1.29, 1.82) is 0 Å². The van der Waals surface area contributed by atoms with Crippen molar-refractivity contribution >= 4 is 65.2 Å². The van der Waals surface area contributed by atoms with Crippen LogP contribution in [-0.2, 0) is 10.8 Å². The Labute approximate surface area is 507 Å². The smallest absolute Gasteiger partial charge is 0.0541 e. The molecule has 0 radical (unpaired) electrons. The number of benzene rings is 11. The standard InChI is InChI=1S/C84H72N2/c1-5-9-49-83(50-10-6-2)75-53-57(39-45-67(75)69-47-41-59(55-77(69)83)85-79-33-21-17-29-71(79)72-30-18-22-34-80(72)85)37-43-65-61-25-13-15-27-63(61)66(64-28-16-14-26-62(64)65)44-38-58-40-46-68-70-48-42-60(56-78(70)84(51-11-7-3,52-12-8-4)76(68)54-58)86-81-35-23-19-31-73(81)74-32-20-24-36-82(74)86/h13-36,39-42,45-48,53-56H,5-12,49-52H2,1-4H3. The molecule has 2 aliphatic rings. The highest BCUT2D eigenvalue weighted by Crippen LogP contribution is 2.57. The molecule has 2 heterocycles. The van der Waals surface area contributed by atoms with E-state index in [0.29, 0.717) is 0 Å². The van der Waals surface area contributed by atoms with Crippen LogP contribution < -0.4 is 0 Å². The number of para-hydroxylation sites is 4. The molecule has 0 amide bonds. The van der Waals surface area contributed by atoms with Gasteiger partial charge in [-0.2, -0.15) is 0 Å². The highest BCUT2D eigenvalue weighted by Gasteiger charge is 2.44. The van der Waals surface area contributed by atoms with Gasteiger partial charge in [0, 0.05) is 66.0 Å². The van der Waals surface area contributed by atoms with Crippen LogP contribution >= 0.6 is 0 Å². The van der Waals surface area contributed by atoms with Gasteiger partial charge >= 0.3 is 0 Å². The molecule has 0 atom stereocenters. The van der Waals surface area contributed by atoms with E-state index >= 15 is 0 Å². The van der Waals surface area contributed by atoms with Crippen LogP contribution in [0.4, 0.5) is 0 Å². The van der Waals surface area contributed by atoms with Crippen molar-refractivity contribution in [3.63, 3.8) is 0 Å². The maximum Gasteiger partial charge on any atom is 0.0541 e. The minimum Gasteiger partial charge on any atom is -0.309 e. The summed E-state index contributed by atoms with van der Waals surface area (Å²) < 4.78 is 4.98. The van der Waals surface area contributed by atoms with E-state index in [1.54, 1.807) is 0 Å². The zero-order valence-electron chi connectivity index (χ0n) is 50.2. The average molecular weight is 1110 g/mol. The summed E-state index contributed by atoms with van der Waals surface area (Å²) in [6.45, 7) is 9.37. The Bertz CT molecular complexity index is 4480. The van der Waals surface area contributed by atoms with Crippen LogP contribution in [0.2, 0.25) is 0 Å². The van der Waals surface area contributed by atoms with Crippen LogP contribution in [0.15, 0.2) is 218 Å². The second kappa shape index (κ2) is 21.9. The summed E-state index contributed by atoms with van der Waals surface area (Å²) in [5.41, 5.74) is 22.7. The first-order valence-electron chi connectivity index (χ1n) is 32.0. The zero-order valence-corrected chi connectivity index (χ0v) is 50.2. The first kappa shape index (κ1) is 53.4. The van der Waals surface area contributed by atoms with Gasteiger partial charge in [0.25, 0.3) is 0 Å². The Balaban J connectivity index is 0.818. The molecule has 2 aliphatic carbocycles. The molecule has 0 spiro atoms. The molecule has 2 nitrogen and oxygen atoms in total. The van der Waals surface area contributed by atoms with E-state index in [2.05, 4.69) is 279 Å². The second-order valence-electron chi connectivity index (χ2n) is 24.6. The number of aromatic nitrogens is 2. The summed E-state index contributed by atoms with van der Waals surface area (Å²) in [6, 6.07) is 82.1. The summed E-state index contributed by atoms with van der Waals surface area (Å²) in [4.78, 5) is 0. The Morgan fingerprint density at radius 1 is 0.279 bits per heavy atom. The number of rotatable bonds is 14. The van der Waals surface area contributed by atoms with Crippen molar-refractivity contribution in [2.75, 3.05) is 0 Å². The lowest BCUT2D eigenvalue weighted by Crippen LogP contribution is -2.25. The molecule has 0 saturated heterocycles. The van der Waals surface area contributed by atoms with Gasteiger partial charge in [-0.3, -0.25) is 0 Å². The summed E-state index contributed by atoms with van der Waals surface area (Å²) in [5, 5.41) is 9.71. The molecule has 418 valence electrons. The summed E-state index contributed by atoms with van der Waals surface area (Å²) in [5.74, 6) is 15.3. The minimum atomic E-state index is -0.115. The summed E-state index contributed by atoms with van der Waals surface area (Å²) in [6.07, 6.45) is 13.7. The van der Waals surface area contributed by atoms with Gasteiger partial charge in [-0.15, -0.1) is 0 Å². The lowest BCUT2D eigenvalue weighted by molar-refractivity contribution is 0.414. The average Bonchev–Trinajstić information content (AvgIpc) is 2.37. The molecule has 0 unspecified atom stereocenters. The lowest BCUT2D eigenvalue weighted by atomic mass is 9.70. The Kier molecular flexibility index (Phi) is 13.6. The summed E-state index contributed by atoms with van der Waals surface area (Å²) >= 11 is 0. The van der Waals surface area contributed by atoms with Gasteiger partial charge in [-0.05, 0) is 165 Å². The normalized spacial score (nSPS) is 13.4. The van der Waals surface area contributed by atoms with Crippen LogP contribution in [0.25, 0.3) is 98.8 Å². The first-order valence-corrected chi connectivity index (χ1v) is 32.0. The fraction of sp³-hybridized carbons (Fsp3) is 0.214. The molecule has 11 aromatic carbocycles. The largest absolute Gasteiger partial charge is 0.309 e. The number of nitrogens with zero attached hydrogens (tertiary/aromatic N) is 2. The van der Waals surface area contributed by atoms with Crippen LogP contribution in [0.1, 0.15) is 149 Å². The molecule has 0 N–H and O–H groups in total. The fourth-order valence-corrected chi connectivity index (χ4v) is 15.7. The molecule has 86 heavy (non-hydrogen) atoms. The molecule has 2 heteroatoms. The van der Waals surface area contributed by atoms with Crippen LogP contribution in [0, 0.1) is 23.7 Å². The predicted molar refractivity (Wildman–Crippen MR) is 366 cm³/mol. The van der Waals surface area contributed by atoms with Gasteiger partial charge in [-0.1, -0.05) is 248 Å². The van der Waals surface area contributed by atoms with Crippen molar-refractivity contribution in [3.8, 4) is 57.3 Å². The third kappa shape index (κ3) is 8.47. The van der Waals surface area contributed by atoms with Gasteiger partial charge in [0.1, 0.15) is 0 Å². The van der Waals surface area contributed by atoms with E-state index in [1.165, 1.54) is 99.5 Å². The molecule has 13 aromatic rings. The zero-order chi connectivity index (χ0) is 57.9. The van der Waals surface area contributed by atoms with E-state index in [-0.39, 0.29) is 10.8 Å². The van der Waals surface area contributed by atoms with Crippen molar-refractivity contribution in [3.05, 3.63) is 263 Å². The number of hydrogen-bond acceptors (Lipinski definition) is 0. The minimum absolute atomic E-state index is 0.115. The fourth-order valence-electron chi connectivity index (χ4n) is 15.7. The number of unbranched alkanes of at least 4 members (excludes halogenated alkanes) is 4. The molecule has 15 rings (SSSR count). The first-order chi connectivity index (χ1) is 42.5. The number of hydrogen-bond donors (Lipinski definition) is 0. The van der Waals surface area contributed by atoms with Gasteiger partial charge in [0.2, 0.25) is 0 Å². The highest BCUT2D eigenvalue weighted by atomic mass is 15.0. The quantitative estimate of drug-likeness (QED) is 0.0759.